The lowest BCUT2D eigenvalue weighted by atomic mass is 9.97. The predicted octanol–water partition coefficient (Wildman–Crippen LogP) is 3.18. The SMILES string of the molecule is O=C(Nc1cccc(C(F)(F)F)c1)C(Cc1ccccc1)c1nn[nH]n1. The van der Waals surface area contributed by atoms with Gasteiger partial charge in [-0.15, -0.1) is 10.2 Å². The Balaban J connectivity index is 1.82. The number of nitrogens with zero attached hydrogens (tertiary/aromatic N) is 3. The summed E-state index contributed by atoms with van der Waals surface area (Å²) in [6.07, 6.45) is -4.21. The lowest BCUT2D eigenvalue weighted by molar-refractivity contribution is -0.137. The van der Waals surface area contributed by atoms with Crippen molar-refractivity contribution >= 4 is 11.6 Å². The fourth-order valence-corrected chi connectivity index (χ4v) is 2.47. The van der Waals surface area contributed by atoms with Crippen molar-refractivity contribution in [2.75, 3.05) is 5.32 Å². The van der Waals surface area contributed by atoms with Crippen LogP contribution in [0, 0.1) is 0 Å². The van der Waals surface area contributed by atoms with Crippen LogP contribution >= 0.6 is 0 Å². The molecule has 3 rings (SSSR count). The number of anilines is 1. The van der Waals surface area contributed by atoms with Crippen LogP contribution in [0.2, 0.25) is 0 Å². The highest BCUT2D eigenvalue weighted by molar-refractivity contribution is 5.95. The van der Waals surface area contributed by atoms with Gasteiger partial charge in [0.15, 0.2) is 5.82 Å². The smallest absolute Gasteiger partial charge is 0.325 e. The Kier molecular flexibility index (Phi) is 4.97. The van der Waals surface area contributed by atoms with E-state index < -0.39 is 23.6 Å². The molecule has 0 aliphatic carbocycles. The first-order valence-corrected chi connectivity index (χ1v) is 7.69. The summed E-state index contributed by atoms with van der Waals surface area (Å²) >= 11 is 0. The molecular formula is C17H14F3N5O. The molecule has 9 heteroatoms. The highest BCUT2D eigenvalue weighted by atomic mass is 19.4. The van der Waals surface area contributed by atoms with Gasteiger partial charge in [0.1, 0.15) is 5.92 Å². The highest BCUT2D eigenvalue weighted by Crippen LogP contribution is 2.31. The number of alkyl halides is 3. The van der Waals surface area contributed by atoms with Crippen LogP contribution < -0.4 is 5.32 Å². The summed E-state index contributed by atoms with van der Waals surface area (Å²) in [7, 11) is 0. The molecule has 0 fully saturated rings. The van der Waals surface area contributed by atoms with Crippen LogP contribution in [0.1, 0.15) is 22.9 Å². The van der Waals surface area contributed by atoms with Crippen molar-refractivity contribution in [1.82, 2.24) is 20.6 Å². The normalized spacial score (nSPS) is 12.6. The quantitative estimate of drug-likeness (QED) is 0.731. The standard InChI is InChI=1S/C17H14F3N5O/c18-17(19,20)12-7-4-8-13(10-12)21-16(26)14(15-22-24-25-23-15)9-11-5-2-1-3-6-11/h1-8,10,14H,9H2,(H,21,26)(H,22,23,24,25). The fraction of sp³-hybridized carbons (Fsp3) is 0.176. The number of aromatic amines is 1. The third kappa shape index (κ3) is 4.24. The van der Waals surface area contributed by atoms with E-state index >= 15 is 0 Å². The molecule has 0 spiro atoms. The van der Waals surface area contributed by atoms with Crippen LogP contribution in [0.3, 0.4) is 0 Å². The van der Waals surface area contributed by atoms with Crippen LogP contribution in [0.5, 0.6) is 0 Å². The molecule has 3 aromatic rings. The third-order valence-electron chi connectivity index (χ3n) is 3.73. The average molecular weight is 361 g/mol. The molecule has 134 valence electrons. The summed E-state index contributed by atoms with van der Waals surface area (Å²) in [6, 6.07) is 13.6. The van der Waals surface area contributed by atoms with Crippen molar-refractivity contribution in [3.63, 3.8) is 0 Å². The van der Waals surface area contributed by atoms with Gasteiger partial charge in [0.2, 0.25) is 5.91 Å². The number of hydrogen-bond acceptors (Lipinski definition) is 4. The molecule has 0 radical (unpaired) electrons. The Morgan fingerprint density at radius 2 is 1.88 bits per heavy atom. The Morgan fingerprint density at radius 1 is 1.12 bits per heavy atom. The zero-order valence-electron chi connectivity index (χ0n) is 13.4. The zero-order chi connectivity index (χ0) is 18.6. The lowest BCUT2D eigenvalue weighted by Gasteiger charge is -2.15. The number of hydrogen-bond donors (Lipinski definition) is 2. The molecule has 0 bridgehead atoms. The Bertz CT molecular complexity index is 866. The molecule has 1 amide bonds. The van der Waals surface area contributed by atoms with Gasteiger partial charge < -0.3 is 5.32 Å². The second kappa shape index (κ2) is 7.34. The molecule has 0 aliphatic heterocycles. The minimum absolute atomic E-state index is 0.0476. The summed E-state index contributed by atoms with van der Waals surface area (Å²) in [5, 5.41) is 15.9. The number of rotatable bonds is 5. The fourth-order valence-electron chi connectivity index (χ4n) is 2.47. The van der Waals surface area contributed by atoms with Crippen LogP contribution in [0.15, 0.2) is 54.6 Å². The van der Waals surface area contributed by atoms with Crippen molar-refractivity contribution in [3.8, 4) is 0 Å². The average Bonchev–Trinajstić information content (AvgIpc) is 3.14. The van der Waals surface area contributed by atoms with E-state index in [2.05, 4.69) is 25.9 Å². The van der Waals surface area contributed by atoms with E-state index in [4.69, 9.17) is 0 Å². The van der Waals surface area contributed by atoms with Crippen molar-refractivity contribution in [1.29, 1.82) is 0 Å². The van der Waals surface area contributed by atoms with Gasteiger partial charge in [0.05, 0.1) is 5.56 Å². The number of amides is 1. The first kappa shape index (κ1) is 17.6. The largest absolute Gasteiger partial charge is 0.416 e. The van der Waals surface area contributed by atoms with E-state index in [0.29, 0.717) is 0 Å². The highest BCUT2D eigenvalue weighted by Gasteiger charge is 2.31. The summed E-state index contributed by atoms with van der Waals surface area (Å²) < 4.78 is 38.5. The number of tetrazole rings is 1. The molecule has 1 aromatic heterocycles. The van der Waals surface area contributed by atoms with Crippen LogP contribution in [-0.2, 0) is 17.4 Å². The van der Waals surface area contributed by atoms with Gasteiger partial charge in [-0.2, -0.15) is 18.4 Å². The van der Waals surface area contributed by atoms with Gasteiger partial charge >= 0.3 is 6.18 Å². The molecule has 2 N–H and O–H groups in total. The molecular weight excluding hydrogens is 347 g/mol. The summed E-state index contributed by atoms with van der Waals surface area (Å²) in [4.78, 5) is 12.7. The molecule has 2 aromatic carbocycles. The van der Waals surface area contributed by atoms with E-state index in [0.717, 1.165) is 17.7 Å². The van der Waals surface area contributed by atoms with Gasteiger partial charge in [-0.05, 0) is 30.2 Å². The maximum absolute atomic E-state index is 12.8. The first-order chi connectivity index (χ1) is 12.4. The van der Waals surface area contributed by atoms with Crippen LogP contribution in [0.25, 0.3) is 0 Å². The van der Waals surface area contributed by atoms with Gasteiger partial charge in [0, 0.05) is 5.69 Å². The van der Waals surface area contributed by atoms with E-state index in [1.54, 1.807) is 0 Å². The van der Waals surface area contributed by atoms with Crippen molar-refractivity contribution < 1.29 is 18.0 Å². The third-order valence-corrected chi connectivity index (χ3v) is 3.73. The van der Waals surface area contributed by atoms with Crippen molar-refractivity contribution in [3.05, 3.63) is 71.5 Å². The number of carbonyl (C=O) groups is 1. The number of benzene rings is 2. The van der Waals surface area contributed by atoms with Crippen LogP contribution in [0.4, 0.5) is 18.9 Å². The number of carbonyl (C=O) groups excluding carboxylic acids is 1. The van der Waals surface area contributed by atoms with Gasteiger partial charge in [-0.25, -0.2) is 0 Å². The second-order valence-electron chi connectivity index (χ2n) is 5.58. The zero-order valence-corrected chi connectivity index (χ0v) is 13.4. The minimum atomic E-state index is -4.49. The van der Waals surface area contributed by atoms with Gasteiger partial charge in [-0.3, -0.25) is 4.79 Å². The molecule has 26 heavy (non-hydrogen) atoms. The minimum Gasteiger partial charge on any atom is -0.325 e. The molecule has 1 unspecified atom stereocenters. The van der Waals surface area contributed by atoms with E-state index in [9.17, 15) is 18.0 Å². The summed E-state index contributed by atoms with van der Waals surface area (Å²) in [5.74, 6) is -1.15. The van der Waals surface area contributed by atoms with Gasteiger partial charge in [-0.1, -0.05) is 41.6 Å². The van der Waals surface area contributed by atoms with E-state index in [1.807, 2.05) is 30.3 Å². The Hall–Kier alpha value is -3.23. The monoisotopic (exact) mass is 361 g/mol. The molecule has 1 atom stereocenters. The molecule has 0 aliphatic rings. The van der Waals surface area contributed by atoms with Crippen molar-refractivity contribution in [2.45, 2.75) is 18.5 Å². The number of nitrogens with one attached hydrogen (secondary N) is 2. The molecule has 0 saturated heterocycles. The van der Waals surface area contributed by atoms with Crippen molar-refractivity contribution in [2.24, 2.45) is 0 Å². The molecule has 0 saturated carbocycles. The maximum atomic E-state index is 12.8. The number of halogens is 3. The predicted molar refractivity (Wildman–Crippen MR) is 87.1 cm³/mol. The van der Waals surface area contributed by atoms with Crippen LogP contribution in [-0.4, -0.2) is 26.5 Å². The van der Waals surface area contributed by atoms with Gasteiger partial charge in [0.25, 0.3) is 0 Å². The molecule has 6 nitrogen and oxygen atoms in total. The Morgan fingerprint density at radius 3 is 2.54 bits per heavy atom. The summed E-state index contributed by atoms with van der Waals surface area (Å²) in [6.45, 7) is 0. The lowest BCUT2D eigenvalue weighted by Crippen LogP contribution is -2.24. The first-order valence-electron chi connectivity index (χ1n) is 7.69. The van der Waals surface area contributed by atoms with E-state index in [-0.39, 0.29) is 17.9 Å². The number of aromatic nitrogens is 4. The van der Waals surface area contributed by atoms with E-state index in [1.165, 1.54) is 12.1 Å². The Labute approximate surface area is 146 Å². The topological polar surface area (TPSA) is 83.6 Å². The summed E-state index contributed by atoms with van der Waals surface area (Å²) in [5.41, 5.74) is 0.0716. The second-order valence-corrected chi connectivity index (χ2v) is 5.58. The molecule has 1 heterocycles. The number of H-pyrrole nitrogens is 1. The maximum Gasteiger partial charge on any atom is 0.416 e.